The molecule has 4 heteroatoms. The van der Waals surface area contributed by atoms with Crippen molar-refractivity contribution in [3.8, 4) is 6.07 Å². The highest BCUT2D eigenvalue weighted by molar-refractivity contribution is 6.31. The lowest BCUT2D eigenvalue weighted by Gasteiger charge is -2.23. The summed E-state index contributed by atoms with van der Waals surface area (Å²) < 4.78 is 0. The van der Waals surface area contributed by atoms with Gasteiger partial charge in [-0.05, 0) is 35.4 Å². The van der Waals surface area contributed by atoms with E-state index in [0.717, 1.165) is 0 Å². The number of hydrogen-bond donors (Lipinski definition) is 1. The van der Waals surface area contributed by atoms with Crippen LogP contribution in [0.5, 0.6) is 0 Å². The third-order valence-electron chi connectivity index (χ3n) is 2.74. The molecule has 2 nitrogen and oxygen atoms in total. The van der Waals surface area contributed by atoms with E-state index in [-0.39, 0.29) is 0 Å². The lowest BCUT2D eigenvalue weighted by atomic mass is 9.85. The van der Waals surface area contributed by atoms with Gasteiger partial charge in [0, 0.05) is 10.0 Å². The fourth-order valence-corrected chi connectivity index (χ4v) is 2.14. The molecule has 0 amide bonds. The largest absolute Gasteiger partial charge is 0.306 e. The molecule has 0 bridgehead atoms. The normalized spacial score (nSPS) is 11.0. The van der Waals surface area contributed by atoms with E-state index in [1.165, 1.54) is 0 Å². The van der Waals surface area contributed by atoms with Crippen molar-refractivity contribution in [3.63, 3.8) is 0 Å². The molecule has 2 N–H and O–H groups in total. The molecule has 0 aliphatic carbocycles. The summed E-state index contributed by atoms with van der Waals surface area (Å²) >= 11 is 11.9. The topological polar surface area (TPSA) is 49.8 Å². The Kier molecular flexibility index (Phi) is 3.58. The number of hydrogen-bond acceptors (Lipinski definition) is 2. The van der Waals surface area contributed by atoms with E-state index in [1.807, 2.05) is 0 Å². The van der Waals surface area contributed by atoms with Gasteiger partial charge in [0.05, 0.1) is 6.07 Å². The molecule has 0 spiro atoms. The first-order valence-corrected chi connectivity index (χ1v) is 6.04. The molecule has 90 valence electrons. The zero-order valence-corrected chi connectivity index (χ0v) is 10.9. The average molecular weight is 277 g/mol. The van der Waals surface area contributed by atoms with Gasteiger partial charge < -0.3 is 5.73 Å². The highest BCUT2D eigenvalue weighted by atomic mass is 35.5. The summed E-state index contributed by atoms with van der Waals surface area (Å²) in [6, 6.07) is 16.0. The minimum atomic E-state index is -1.25. The summed E-state index contributed by atoms with van der Waals surface area (Å²) in [5, 5.41) is 10.5. The summed E-state index contributed by atoms with van der Waals surface area (Å²) in [6.45, 7) is 0. The SMILES string of the molecule is N#CC(N)(c1cccc(Cl)c1)c1cccc(Cl)c1. The summed E-state index contributed by atoms with van der Waals surface area (Å²) in [6.07, 6.45) is 0. The van der Waals surface area contributed by atoms with Crippen molar-refractivity contribution in [3.05, 3.63) is 69.7 Å². The van der Waals surface area contributed by atoms with Crippen LogP contribution in [-0.2, 0) is 5.54 Å². The molecule has 0 unspecified atom stereocenters. The first-order chi connectivity index (χ1) is 8.56. The van der Waals surface area contributed by atoms with Crippen LogP contribution < -0.4 is 5.73 Å². The Morgan fingerprint density at radius 1 is 0.944 bits per heavy atom. The lowest BCUT2D eigenvalue weighted by molar-refractivity contribution is 0.698. The predicted octanol–water partition coefficient (Wildman–Crippen LogP) is 3.72. The van der Waals surface area contributed by atoms with E-state index in [4.69, 9.17) is 28.9 Å². The number of nitriles is 1. The first-order valence-electron chi connectivity index (χ1n) is 5.28. The van der Waals surface area contributed by atoms with Crippen LogP contribution in [0.2, 0.25) is 10.0 Å². The molecule has 0 aliphatic heterocycles. The number of nitrogens with two attached hydrogens (primary N) is 1. The van der Waals surface area contributed by atoms with Gasteiger partial charge in [-0.1, -0.05) is 47.5 Å². The van der Waals surface area contributed by atoms with Crippen LogP contribution in [0.25, 0.3) is 0 Å². The average Bonchev–Trinajstić information content (AvgIpc) is 2.38. The van der Waals surface area contributed by atoms with Gasteiger partial charge in [-0.3, -0.25) is 0 Å². The highest BCUT2D eigenvalue weighted by Crippen LogP contribution is 2.29. The minimum absolute atomic E-state index is 0.541. The Morgan fingerprint density at radius 2 is 1.39 bits per heavy atom. The van der Waals surface area contributed by atoms with Crippen LogP contribution in [0.3, 0.4) is 0 Å². The van der Waals surface area contributed by atoms with Crippen molar-refractivity contribution in [2.24, 2.45) is 5.73 Å². The maximum Gasteiger partial charge on any atom is 0.155 e. The minimum Gasteiger partial charge on any atom is -0.306 e. The van der Waals surface area contributed by atoms with Gasteiger partial charge >= 0.3 is 0 Å². The Morgan fingerprint density at radius 3 is 1.72 bits per heavy atom. The van der Waals surface area contributed by atoms with E-state index in [9.17, 15) is 5.26 Å². The quantitative estimate of drug-likeness (QED) is 0.909. The van der Waals surface area contributed by atoms with Crippen molar-refractivity contribution in [2.75, 3.05) is 0 Å². The summed E-state index contributed by atoms with van der Waals surface area (Å²) in [7, 11) is 0. The molecular weight excluding hydrogens is 267 g/mol. The van der Waals surface area contributed by atoms with Gasteiger partial charge in [0.2, 0.25) is 0 Å². The van der Waals surface area contributed by atoms with Crippen LogP contribution in [0.15, 0.2) is 48.5 Å². The number of halogens is 2. The lowest BCUT2D eigenvalue weighted by Crippen LogP contribution is -2.36. The fourth-order valence-electron chi connectivity index (χ4n) is 1.76. The maximum absolute atomic E-state index is 9.41. The molecule has 0 atom stereocenters. The fraction of sp³-hybridized carbons (Fsp3) is 0.0714. The van der Waals surface area contributed by atoms with Gasteiger partial charge in [-0.2, -0.15) is 5.26 Å². The molecule has 0 saturated heterocycles. The van der Waals surface area contributed by atoms with Gasteiger partial charge in [-0.15, -0.1) is 0 Å². The molecular formula is C14H10Cl2N2. The van der Waals surface area contributed by atoms with Crippen molar-refractivity contribution in [2.45, 2.75) is 5.54 Å². The summed E-state index contributed by atoms with van der Waals surface area (Å²) in [5.74, 6) is 0. The Balaban J connectivity index is 2.59. The Hall–Kier alpha value is -1.53. The molecule has 0 aliphatic rings. The van der Waals surface area contributed by atoms with Crippen LogP contribution in [0.4, 0.5) is 0 Å². The van der Waals surface area contributed by atoms with Gasteiger partial charge in [-0.25, -0.2) is 0 Å². The third kappa shape index (κ3) is 2.34. The molecule has 2 aromatic carbocycles. The smallest absolute Gasteiger partial charge is 0.155 e. The molecule has 0 aromatic heterocycles. The molecule has 2 aromatic rings. The Labute approximate surface area is 116 Å². The molecule has 0 fully saturated rings. The van der Waals surface area contributed by atoms with Gasteiger partial charge in [0.1, 0.15) is 0 Å². The van der Waals surface area contributed by atoms with E-state index < -0.39 is 5.54 Å². The van der Waals surface area contributed by atoms with Crippen molar-refractivity contribution >= 4 is 23.2 Å². The zero-order valence-electron chi connectivity index (χ0n) is 9.40. The van der Waals surface area contributed by atoms with Crippen molar-refractivity contribution in [1.29, 1.82) is 5.26 Å². The molecule has 2 rings (SSSR count). The van der Waals surface area contributed by atoms with Crippen LogP contribution in [-0.4, -0.2) is 0 Å². The first kappa shape index (κ1) is 12.9. The number of benzene rings is 2. The van der Waals surface area contributed by atoms with Crippen LogP contribution in [0.1, 0.15) is 11.1 Å². The molecule has 18 heavy (non-hydrogen) atoms. The van der Waals surface area contributed by atoms with E-state index >= 15 is 0 Å². The van der Waals surface area contributed by atoms with E-state index in [2.05, 4.69) is 6.07 Å². The summed E-state index contributed by atoms with van der Waals surface area (Å²) in [5.41, 5.74) is 6.22. The number of rotatable bonds is 2. The van der Waals surface area contributed by atoms with Gasteiger partial charge in [0.25, 0.3) is 0 Å². The van der Waals surface area contributed by atoms with Crippen LogP contribution >= 0.6 is 23.2 Å². The second kappa shape index (κ2) is 4.99. The van der Waals surface area contributed by atoms with Crippen molar-refractivity contribution < 1.29 is 0 Å². The summed E-state index contributed by atoms with van der Waals surface area (Å²) in [4.78, 5) is 0. The highest BCUT2D eigenvalue weighted by Gasteiger charge is 2.29. The number of nitrogens with zero attached hydrogens (tertiary/aromatic N) is 1. The monoisotopic (exact) mass is 276 g/mol. The zero-order chi connectivity index (χ0) is 13.2. The standard InChI is InChI=1S/C14H10Cl2N2/c15-12-5-1-3-10(7-12)14(18,9-17)11-4-2-6-13(16)8-11/h1-8H,18H2. The van der Waals surface area contributed by atoms with Gasteiger partial charge in [0.15, 0.2) is 5.54 Å². The predicted molar refractivity (Wildman–Crippen MR) is 73.5 cm³/mol. The molecule has 0 saturated carbocycles. The second-order valence-corrected chi connectivity index (χ2v) is 4.81. The molecule has 0 heterocycles. The van der Waals surface area contributed by atoms with E-state index in [0.29, 0.717) is 21.2 Å². The third-order valence-corrected chi connectivity index (χ3v) is 3.21. The van der Waals surface area contributed by atoms with Crippen molar-refractivity contribution in [1.82, 2.24) is 0 Å². The van der Waals surface area contributed by atoms with E-state index in [1.54, 1.807) is 48.5 Å². The second-order valence-electron chi connectivity index (χ2n) is 3.94. The molecule has 0 radical (unpaired) electrons. The van der Waals surface area contributed by atoms with Crippen LogP contribution in [0, 0.1) is 11.3 Å². The maximum atomic E-state index is 9.41. The Bertz CT molecular complexity index is 572.